The van der Waals surface area contributed by atoms with Crippen LogP contribution in [0, 0.1) is 12.8 Å². The number of nitrogens with zero attached hydrogens (tertiary/aromatic N) is 4. The van der Waals surface area contributed by atoms with E-state index in [2.05, 4.69) is 10.1 Å². The van der Waals surface area contributed by atoms with Gasteiger partial charge in [0.1, 0.15) is 4.88 Å². The van der Waals surface area contributed by atoms with Crippen LogP contribution in [0.25, 0.3) is 0 Å². The average Bonchev–Trinajstić information content (AvgIpc) is 3.38. The third-order valence-corrected chi connectivity index (χ3v) is 6.07. The Bertz CT molecular complexity index is 832. The summed E-state index contributed by atoms with van der Waals surface area (Å²) in [4.78, 5) is 31.5. The van der Waals surface area contributed by atoms with Crippen LogP contribution in [0.5, 0.6) is 0 Å². The SMILES string of the molecule is Cc1ncsc1C(=O)N1CCC(Cn2nc(C3CC3)ccc2=O)CC1. The quantitative estimate of drug-likeness (QED) is 0.842. The fraction of sp³-hybridized carbons (Fsp3) is 0.556. The first-order valence-corrected chi connectivity index (χ1v) is 9.77. The van der Waals surface area contributed by atoms with Crippen molar-refractivity contribution in [2.45, 2.75) is 45.1 Å². The molecule has 2 aromatic rings. The zero-order chi connectivity index (χ0) is 17.4. The van der Waals surface area contributed by atoms with Crippen LogP contribution >= 0.6 is 11.3 Å². The van der Waals surface area contributed by atoms with Gasteiger partial charge in [0.05, 0.1) is 16.9 Å². The number of aryl methyl sites for hydroxylation is 1. The maximum atomic E-state index is 12.6. The van der Waals surface area contributed by atoms with Crippen LogP contribution in [-0.4, -0.2) is 38.7 Å². The minimum Gasteiger partial charge on any atom is -0.338 e. The van der Waals surface area contributed by atoms with E-state index in [1.165, 1.54) is 24.2 Å². The van der Waals surface area contributed by atoms with Crippen LogP contribution in [0.3, 0.4) is 0 Å². The maximum Gasteiger partial charge on any atom is 0.266 e. The van der Waals surface area contributed by atoms with E-state index in [1.807, 2.05) is 17.9 Å². The molecule has 0 spiro atoms. The van der Waals surface area contributed by atoms with E-state index in [0.717, 1.165) is 42.2 Å². The number of hydrogen-bond acceptors (Lipinski definition) is 5. The summed E-state index contributed by atoms with van der Waals surface area (Å²) < 4.78 is 1.63. The molecule has 0 unspecified atom stereocenters. The van der Waals surface area contributed by atoms with Gasteiger partial charge in [0.25, 0.3) is 11.5 Å². The van der Waals surface area contributed by atoms with Crippen molar-refractivity contribution in [1.29, 1.82) is 0 Å². The second kappa shape index (κ2) is 6.71. The highest BCUT2D eigenvalue weighted by molar-refractivity contribution is 7.11. The molecule has 132 valence electrons. The lowest BCUT2D eigenvalue weighted by atomic mass is 9.96. The molecule has 2 aliphatic rings. The molecule has 25 heavy (non-hydrogen) atoms. The third-order valence-electron chi connectivity index (χ3n) is 5.16. The molecular formula is C18H22N4O2S. The van der Waals surface area contributed by atoms with Crippen molar-refractivity contribution in [2.24, 2.45) is 5.92 Å². The minimum absolute atomic E-state index is 0.0248. The lowest BCUT2D eigenvalue weighted by Crippen LogP contribution is -2.40. The lowest BCUT2D eigenvalue weighted by molar-refractivity contribution is 0.0684. The number of likely N-dealkylation sites (tertiary alicyclic amines) is 1. The molecule has 1 saturated heterocycles. The van der Waals surface area contributed by atoms with E-state index >= 15 is 0 Å². The molecule has 6 nitrogen and oxygen atoms in total. The Kier molecular flexibility index (Phi) is 4.41. The summed E-state index contributed by atoms with van der Waals surface area (Å²) in [5, 5.41) is 4.55. The van der Waals surface area contributed by atoms with Gasteiger partial charge >= 0.3 is 0 Å². The fourth-order valence-corrected chi connectivity index (χ4v) is 4.18. The van der Waals surface area contributed by atoms with Crippen LogP contribution in [0.15, 0.2) is 22.4 Å². The van der Waals surface area contributed by atoms with Gasteiger partial charge in [0.2, 0.25) is 0 Å². The standard InChI is InChI=1S/C18H22N4O2S/c1-12-17(25-11-19-12)18(24)21-8-6-13(7-9-21)10-22-16(23)5-4-15(20-22)14-2-3-14/h4-5,11,13-14H,2-3,6-10H2,1H3. The lowest BCUT2D eigenvalue weighted by Gasteiger charge is -2.31. The highest BCUT2D eigenvalue weighted by Gasteiger charge is 2.28. The highest BCUT2D eigenvalue weighted by atomic mass is 32.1. The van der Waals surface area contributed by atoms with Gasteiger partial charge in [-0.05, 0) is 44.6 Å². The number of carbonyl (C=O) groups is 1. The molecule has 0 bridgehead atoms. The van der Waals surface area contributed by atoms with Crippen molar-refractivity contribution in [3.63, 3.8) is 0 Å². The zero-order valence-corrected chi connectivity index (χ0v) is 15.2. The van der Waals surface area contributed by atoms with Crippen molar-refractivity contribution >= 4 is 17.2 Å². The van der Waals surface area contributed by atoms with Crippen molar-refractivity contribution in [2.75, 3.05) is 13.1 Å². The van der Waals surface area contributed by atoms with E-state index in [1.54, 1.807) is 16.3 Å². The second-order valence-corrected chi connectivity index (χ2v) is 7.91. The Morgan fingerprint density at radius 3 is 2.64 bits per heavy atom. The van der Waals surface area contributed by atoms with Gasteiger partial charge in [-0.1, -0.05) is 0 Å². The molecule has 0 N–H and O–H groups in total. The van der Waals surface area contributed by atoms with E-state index in [9.17, 15) is 9.59 Å². The van der Waals surface area contributed by atoms with E-state index in [-0.39, 0.29) is 11.5 Å². The number of thiazole rings is 1. The van der Waals surface area contributed by atoms with Crippen molar-refractivity contribution in [3.8, 4) is 0 Å². The van der Waals surface area contributed by atoms with E-state index in [4.69, 9.17) is 0 Å². The topological polar surface area (TPSA) is 68.1 Å². The molecule has 0 aromatic carbocycles. The monoisotopic (exact) mass is 358 g/mol. The summed E-state index contributed by atoms with van der Waals surface area (Å²) in [6.45, 7) is 4.00. The molecule has 7 heteroatoms. The van der Waals surface area contributed by atoms with Gasteiger partial charge in [-0.3, -0.25) is 9.59 Å². The summed E-state index contributed by atoms with van der Waals surface area (Å²) in [6, 6.07) is 3.51. The smallest absolute Gasteiger partial charge is 0.266 e. The second-order valence-electron chi connectivity index (χ2n) is 7.06. The Morgan fingerprint density at radius 2 is 2.00 bits per heavy atom. The van der Waals surface area contributed by atoms with Crippen LogP contribution in [0.1, 0.15) is 52.7 Å². The number of carbonyl (C=O) groups excluding carboxylic acids is 1. The largest absolute Gasteiger partial charge is 0.338 e. The predicted molar refractivity (Wildman–Crippen MR) is 96.0 cm³/mol. The number of hydrogen-bond donors (Lipinski definition) is 0. The van der Waals surface area contributed by atoms with Gasteiger partial charge in [-0.25, -0.2) is 9.67 Å². The summed E-state index contributed by atoms with van der Waals surface area (Å²) >= 11 is 1.41. The molecule has 4 rings (SSSR count). The first-order chi connectivity index (χ1) is 12.1. The Hall–Kier alpha value is -2.02. The fourth-order valence-electron chi connectivity index (χ4n) is 3.41. The van der Waals surface area contributed by atoms with Gasteiger partial charge in [0, 0.05) is 31.6 Å². The van der Waals surface area contributed by atoms with Gasteiger partial charge in [-0.2, -0.15) is 5.10 Å². The van der Waals surface area contributed by atoms with Gasteiger partial charge < -0.3 is 4.90 Å². The van der Waals surface area contributed by atoms with Gasteiger partial charge in [0.15, 0.2) is 0 Å². The molecular weight excluding hydrogens is 336 g/mol. The normalized spacial score (nSPS) is 18.5. The summed E-state index contributed by atoms with van der Waals surface area (Å²) in [7, 11) is 0. The molecule has 1 saturated carbocycles. The average molecular weight is 358 g/mol. The summed E-state index contributed by atoms with van der Waals surface area (Å²) in [5.74, 6) is 1.03. The van der Waals surface area contributed by atoms with Crippen LogP contribution in [-0.2, 0) is 6.54 Å². The van der Waals surface area contributed by atoms with E-state index < -0.39 is 0 Å². The zero-order valence-electron chi connectivity index (χ0n) is 14.4. The van der Waals surface area contributed by atoms with Crippen molar-refractivity contribution in [3.05, 3.63) is 44.3 Å². The summed E-state index contributed by atoms with van der Waals surface area (Å²) in [5.41, 5.74) is 3.56. The molecule has 1 aliphatic heterocycles. The molecule has 0 radical (unpaired) electrons. The third kappa shape index (κ3) is 3.51. The highest BCUT2D eigenvalue weighted by Crippen LogP contribution is 2.38. The minimum atomic E-state index is -0.0248. The molecule has 1 aliphatic carbocycles. The molecule has 0 atom stereocenters. The number of amides is 1. The maximum absolute atomic E-state index is 12.6. The van der Waals surface area contributed by atoms with Crippen LogP contribution in [0.2, 0.25) is 0 Å². The van der Waals surface area contributed by atoms with Crippen molar-refractivity contribution in [1.82, 2.24) is 19.7 Å². The number of aromatic nitrogens is 3. The number of rotatable bonds is 4. The Labute approximate surface area is 150 Å². The molecule has 2 fully saturated rings. The van der Waals surface area contributed by atoms with E-state index in [0.29, 0.717) is 18.4 Å². The first-order valence-electron chi connectivity index (χ1n) is 8.89. The molecule has 2 aromatic heterocycles. The Morgan fingerprint density at radius 1 is 1.24 bits per heavy atom. The Balaban J connectivity index is 1.38. The molecule has 3 heterocycles. The van der Waals surface area contributed by atoms with Crippen LogP contribution in [0.4, 0.5) is 0 Å². The molecule has 1 amide bonds. The summed E-state index contributed by atoms with van der Waals surface area (Å²) in [6.07, 6.45) is 4.18. The number of piperidine rings is 1. The van der Waals surface area contributed by atoms with Crippen molar-refractivity contribution < 1.29 is 4.79 Å². The van der Waals surface area contributed by atoms with Crippen LogP contribution < -0.4 is 5.56 Å². The predicted octanol–water partition coefficient (Wildman–Crippen LogP) is 2.44. The first kappa shape index (κ1) is 16.4. The van der Waals surface area contributed by atoms with Gasteiger partial charge in [-0.15, -0.1) is 11.3 Å².